The molecule has 0 fully saturated rings. The van der Waals surface area contributed by atoms with Crippen molar-refractivity contribution in [1.82, 2.24) is 10.3 Å². The van der Waals surface area contributed by atoms with Crippen molar-refractivity contribution in [3.05, 3.63) is 34.5 Å². The van der Waals surface area contributed by atoms with Gasteiger partial charge in [0.2, 0.25) is 0 Å². The third kappa shape index (κ3) is 1.95. The zero-order valence-electron chi connectivity index (χ0n) is 9.89. The molecular weight excluding hydrogens is 220 g/mol. The number of aromatic amines is 1. The summed E-state index contributed by atoms with van der Waals surface area (Å²) in [4.78, 5) is 3.39. The SMILES string of the molecule is CCNC(C)c1c(C)[nH]c2ccc(Cl)cc12. The fraction of sp³-hybridized carbons (Fsp3) is 0.385. The van der Waals surface area contributed by atoms with Crippen LogP contribution in [0.15, 0.2) is 18.2 Å². The molecule has 2 N–H and O–H groups in total. The number of aromatic nitrogens is 1. The van der Waals surface area contributed by atoms with E-state index in [0.717, 1.165) is 17.1 Å². The lowest BCUT2D eigenvalue weighted by atomic mass is 10.0. The third-order valence-corrected chi connectivity index (χ3v) is 3.18. The van der Waals surface area contributed by atoms with Crippen LogP contribution < -0.4 is 5.32 Å². The van der Waals surface area contributed by atoms with E-state index in [9.17, 15) is 0 Å². The summed E-state index contributed by atoms with van der Waals surface area (Å²) in [5.74, 6) is 0. The van der Waals surface area contributed by atoms with Crippen LogP contribution in [0, 0.1) is 6.92 Å². The first-order chi connectivity index (χ1) is 7.63. The predicted molar refractivity (Wildman–Crippen MR) is 70.1 cm³/mol. The van der Waals surface area contributed by atoms with Crippen molar-refractivity contribution in [3.63, 3.8) is 0 Å². The molecule has 3 heteroatoms. The molecule has 1 heterocycles. The summed E-state index contributed by atoms with van der Waals surface area (Å²) >= 11 is 6.05. The fourth-order valence-corrected chi connectivity index (χ4v) is 2.46. The zero-order valence-corrected chi connectivity index (χ0v) is 10.7. The van der Waals surface area contributed by atoms with Crippen molar-refractivity contribution >= 4 is 22.5 Å². The van der Waals surface area contributed by atoms with E-state index in [1.165, 1.54) is 16.6 Å². The molecular formula is C13H17ClN2. The first kappa shape index (κ1) is 11.5. The van der Waals surface area contributed by atoms with Gasteiger partial charge in [0.25, 0.3) is 0 Å². The van der Waals surface area contributed by atoms with Crippen LogP contribution in [0.5, 0.6) is 0 Å². The molecule has 1 aromatic carbocycles. The molecule has 2 rings (SSSR count). The van der Waals surface area contributed by atoms with E-state index >= 15 is 0 Å². The van der Waals surface area contributed by atoms with Crippen molar-refractivity contribution in [2.45, 2.75) is 26.8 Å². The molecule has 0 saturated carbocycles. The highest BCUT2D eigenvalue weighted by Crippen LogP contribution is 2.29. The van der Waals surface area contributed by atoms with Crippen molar-refractivity contribution in [1.29, 1.82) is 0 Å². The van der Waals surface area contributed by atoms with Gasteiger partial charge in [-0.15, -0.1) is 0 Å². The van der Waals surface area contributed by atoms with Gasteiger partial charge in [0.05, 0.1) is 0 Å². The van der Waals surface area contributed by atoms with Gasteiger partial charge in [-0.3, -0.25) is 0 Å². The van der Waals surface area contributed by atoms with E-state index in [-0.39, 0.29) is 0 Å². The summed E-state index contributed by atoms with van der Waals surface area (Å²) in [6.45, 7) is 7.37. The largest absolute Gasteiger partial charge is 0.358 e. The van der Waals surface area contributed by atoms with Gasteiger partial charge in [-0.1, -0.05) is 18.5 Å². The van der Waals surface area contributed by atoms with Gasteiger partial charge in [0.1, 0.15) is 0 Å². The van der Waals surface area contributed by atoms with Crippen LogP contribution in [-0.4, -0.2) is 11.5 Å². The lowest BCUT2D eigenvalue weighted by Crippen LogP contribution is -2.18. The summed E-state index contributed by atoms with van der Waals surface area (Å²) in [5.41, 5.74) is 3.69. The lowest BCUT2D eigenvalue weighted by Gasteiger charge is -2.12. The standard InChI is InChI=1S/C13H17ClN2/c1-4-15-8(2)13-9(3)16-12-6-5-10(14)7-11(12)13/h5-8,15-16H,4H2,1-3H3. The minimum absolute atomic E-state index is 0.345. The van der Waals surface area contributed by atoms with E-state index in [4.69, 9.17) is 11.6 Å². The van der Waals surface area contributed by atoms with Crippen LogP contribution in [0.1, 0.15) is 31.1 Å². The summed E-state index contributed by atoms with van der Waals surface area (Å²) in [7, 11) is 0. The second-order valence-corrected chi connectivity index (χ2v) is 4.57. The van der Waals surface area contributed by atoms with Gasteiger partial charge in [-0.25, -0.2) is 0 Å². The fourth-order valence-electron chi connectivity index (χ4n) is 2.29. The molecule has 2 aromatic rings. The maximum absolute atomic E-state index is 6.05. The number of nitrogens with one attached hydrogen (secondary N) is 2. The Labute approximate surface area is 101 Å². The first-order valence-electron chi connectivity index (χ1n) is 5.64. The van der Waals surface area contributed by atoms with E-state index in [2.05, 4.69) is 31.1 Å². The minimum Gasteiger partial charge on any atom is -0.358 e. The molecule has 16 heavy (non-hydrogen) atoms. The van der Waals surface area contributed by atoms with E-state index in [0.29, 0.717) is 6.04 Å². The maximum Gasteiger partial charge on any atom is 0.0460 e. The molecule has 0 aliphatic rings. The highest BCUT2D eigenvalue weighted by molar-refractivity contribution is 6.31. The monoisotopic (exact) mass is 236 g/mol. The van der Waals surface area contributed by atoms with E-state index < -0.39 is 0 Å². The number of hydrogen-bond donors (Lipinski definition) is 2. The van der Waals surface area contributed by atoms with Crippen molar-refractivity contribution in [2.75, 3.05) is 6.54 Å². The van der Waals surface area contributed by atoms with Crippen LogP contribution in [0.3, 0.4) is 0 Å². The van der Waals surface area contributed by atoms with Gasteiger partial charge >= 0.3 is 0 Å². The molecule has 86 valence electrons. The zero-order chi connectivity index (χ0) is 11.7. The Morgan fingerprint density at radius 3 is 2.88 bits per heavy atom. The normalized spacial score (nSPS) is 13.2. The summed E-state index contributed by atoms with van der Waals surface area (Å²) < 4.78 is 0. The average molecular weight is 237 g/mol. The lowest BCUT2D eigenvalue weighted by molar-refractivity contribution is 0.599. The van der Waals surface area contributed by atoms with Gasteiger partial charge < -0.3 is 10.3 Å². The Bertz CT molecular complexity index is 502. The summed E-state index contributed by atoms with van der Waals surface area (Å²) in [5, 5.41) is 5.45. The molecule has 0 bridgehead atoms. The number of hydrogen-bond acceptors (Lipinski definition) is 1. The average Bonchev–Trinajstić information content (AvgIpc) is 2.53. The molecule has 1 aromatic heterocycles. The van der Waals surface area contributed by atoms with Crippen molar-refractivity contribution in [2.24, 2.45) is 0 Å². The highest BCUT2D eigenvalue weighted by Gasteiger charge is 2.14. The van der Waals surface area contributed by atoms with Crippen molar-refractivity contribution < 1.29 is 0 Å². The predicted octanol–water partition coefficient (Wildman–Crippen LogP) is 3.80. The maximum atomic E-state index is 6.05. The smallest absolute Gasteiger partial charge is 0.0460 e. The number of halogens is 1. The molecule has 0 amide bonds. The van der Waals surface area contributed by atoms with Gasteiger partial charge in [0.15, 0.2) is 0 Å². The number of benzene rings is 1. The van der Waals surface area contributed by atoms with Crippen LogP contribution in [-0.2, 0) is 0 Å². The van der Waals surface area contributed by atoms with Crippen LogP contribution in [0.25, 0.3) is 10.9 Å². The summed E-state index contributed by atoms with van der Waals surface area (Å²) in [6, 6.07) is 6.33. The van der Waals surface area contributed by atoms with Crippen LogP contribution in [0.2, 0.25) is 5.02 Å². The molecule has 2 nitrogen and oxygen atoms in total. The van der Waals surface area contributed by atoms with Crippen LogP contribution in [0.4, 0.5) is 0 Å². The molecule has 0 aliphatic heterocycles. The molecule has 1 unspecified atom stereocenters. The number of H-pyrrole nitrogens is 1. The van der Waals surface area contributed by atoms with E-state index in [1.54, 1.807) is 0 Å². The van der Waals surface area contributed by atoms with Crippen molar-refractivity contribution in [3.8, 4) is 0 Å². The number of fused-ring (bicyclic) bond motifs is 1. The minimum atomic E-state index is 0.345. The topological polar surface area (TPSA) is 27.8 Å². The number of rotatable bonds is 3. The molecule has 1 atom stereocenters. The first-order valence-corrected chi connectivity index (χ1v) is 6.02. The third-order valence-electron chi connectivity index (χ3n) is 2.94. The Hall–Kier alpha value is -0.990. The van der Waals surface area contributed by atoms with Crippen LogP contribution >= 0.6 is 11.6 Å². The second-order valence-electron chi connectivity index (χ2n) is 4.13. The Morgan fingerprint density at radius 2 is 2.19 bits per heavy atom. The molecule has 0 spiro atoms. The Balaban J connectivity index is 2.58. The van der Waals surface area contributed by atoms with Gasteiger partial charge in [0, 0.05) is 27.7 Å². The number of aryl methyl sites for hydroxylation is 1. The quantitative estimate of drug-likeness (QED) is 0.834. The highest BCUT2D eigenvalue weighted by atomic mass is 35.5. The molecule has 0 aliphatic carbocycles. The van der Waals surface area contributed by atoms with E-state index in [1.807, 2.05) is 18.2 Å². The molecule has 0 saturated heterocycles. The Kier molecular flexibility index (Phi) is 3.22. The van der Waals surface area contributed by atoms with Gasteiger partial charge in [-0.2, -0.15) is 0 Å². The van der Waals surface area contributed by atoms with Gasteiger partial charge in [-0.05, 0) is 44.2 Å². The summed E-state index contributed by atoms with van der Waals surface area (Å²) in [6.07, 6.45) is 0. The second kappa shape index (κ2) is 4.48. The Morgan fingerprint density at radius 1 is 1.44 bits per heavy atom. The molecule has 0 radical (unpaired) electrons.